The number of hydrogen-bond donors (Lipinski definition) is 2. The van der Waals surface area contributed by atoms with Crippen molar-refractivity contribution in [2.75, 3.05) is 33.4 Å². The molecule has 6 nitrogen and oxygen atoms in total. The molecule has 0 aliphatic carbocycles. The van der Waals surface area contributed by atoms with Crippen molar-refractivity contribution in [1.82, 2.24) is 15.5 Å². The van der Waals surface area contributed by atoms with Crippen molar-refractivity contribution in [3.63, 3.8) is 0 Å². The molecule has 1 fully saturated rings. The van der Waals surface area contributed by atoms with Crippen LogP contribution in [0, 0.1) is 0 Å². The van der Waals surface area contributed by atoms with Crippen LogP contribution < -0.4 is 10.6 Å². The molecule has 1 rings (SSSR count). The number of imide groups is 1. The van der Waals surface area contributed by atoms with Gasteiger partial charge in [0.1, 0.15) is 0 Å². The molecule has 1 heterocycles. The van der Waals surface area contributed by atoms with Crippen molar-refractivity contribution < 1.29 is 14.3 Å². The molecule has 1 atom stereocenters. The van der Waals surface area contributed by atoms with E-state index in [1.165, 1.54) is 7.05 Å². The fraction of sp³-hybridized carbons (Fsp3) is 0.778. The summed E-state index contributed by atoms with van der Waals surface area (Å²) in [6, 6.07) is -0.772. The van der Waals surface area contributed by atoms with Gasteiger partial charge in [-0.3, -0.25) is 15.0 Å². The summed E-state index contributed by atoms with van der Waals surface area (Å²) in [7, 11) is 1.47. The van der Waals surface area contributed by atoms with Crippen LogP contribution in [0.5, 0.6) is 0 Å². The van der Waals surface area contributed by atoms with Gasteiger partial charge in [-0.15, -0.1) is 0 Å². The van der Waals surface area contributed by atoms with Crippen LogP contribution in [0.2, 0.25) is 0 Å². The molecule has 0 aromatic carbocycles. The Bertz CT molecular complexity index is 239. The quantitative estimate of drug-likeness (QED) is 0.630. The second kappa shape index (κ2) is 5.67. The van der Waals surface area contributed by atoms with Crippen LogP contribution in [0.25, 0.3) is 0 Å². The minimum Gasteiger partial charge on any atom is -0.379 e. The Labute approximate surface area is 88.9 Å². The first-order chi connectivity index (χ1) is 7.15. The molecular weight excluding hydrogens is 198 g/mol. The van der Waals surface area contributed by atoms with E-state index >= 15 is 0 Å². The van der Waals surface area contributed by atoms with Gasteiger partial charge in [-0.05, 0) is 6.92 Å². The minimum atomic E-state index is -0.472. The van der Waals surface area contributed by atoms with Crippen LogP contribution >= 0.6 is 0 Å². The molecule has 0 aromatic rings. The van der Waals surface area contributed by atoms with Gasteiger partial charge in [0.05, 0.1) is 19.3 Å². The van der Waals surface area contributed by atoms with Gasteiger partial charge in [0.15, 0.2) is 0 Å². The number of rotatable bonds is 2. The standard InChI is InChI=1S/C9H17N3O3/c1-7(8(13)11-9(14)10-2)12-3-5-15-6-4-12/h7H,3-6H2,1-2H3,(H2,10,11,13,14). The highest BCUT2D eigenvalue weighted by atomic mass is 16.5. The summed E-state index contributed by atoms with van der Waals surface area (Å²) < 4.78 is 5.18. The summed E-state index contributed by atoms with van der Waals surface area (Å²) in [6.07, 6.45) is 0. The molecule has 0 aromatic heterocycles. The molecule has 86 valence electrons. The lowest BCUT2D eigenvalue weighted by Gasteiger charge is -2.31. The molecule has 15 heavy (non-hydrogen) atoms. The lowest BCUT2D eigenvalue weighted by Crippen LogP contribution is -2.52. The summed E-state index contributed by atoms with van der Waals surface area (Å²) in [5.41, 5.74) is 0. The SMILES string of the molecule is CNC(=O)NC(=O)C(C)N1CCOCC1. The minimum absolute atomic E-state index is 0.281. The molecule has 1 saturated heterocycles. The summed E-state index contributed by atoms with van der Waals surface area (Å²) in [6.45, 7) is 4.50. The molecule has 0 bridgehead atoms. The summed E-state index contributed by atoms with van der Waals surface area (Å²) in [5.74, 6) is -0.281. The predicted molar refractivity (Wildman–Crippen MR) is 54.5 cm³/mol. The Hall–Kier alpha value is -1.14. The van der Waals surface area contributed by atoms with Crippen molar-refractivity contribution in [2.24, 2.45) is 0 Å². The first-order valence-electron chi connectivity index (χ1n) is 4.99. The second-order valence-corrected chi connectivity index (χ2v) is 3.39. The number of carbonyl (C=O) groups excluding carboxylic acids is 2. The lowest BCUT2D eigenvalue weighted by atomic mass is 10.2. The molecular formula is C9H17N3O3. The Morgan fingerprint density at radius 2 is 1.93 bits per heavy atom. The van der Waals surface area contributed by atoms with E-state index < -0.39 is 6.03 Å². The largest absolute Gasteiger partial charge is 0.379 e. The molecule has 0 saturated carbocycles. The lowest BCUT2D eigenvalue weighted by molar-refractivity contribution is -0.126. The molecule has 0 radical (unpaired) electrons. The van der Waals surface area contributed by atoms with E-state index in [9.17, 15) is 9.59 Å². The Balaban J connectivity index is 2.40. The smallest absolute Gasteiger partial charge is 0.321 e. The van der Waals surface area contributed by atoms with Gasteiger partial charge in [0, 0.05) is 20.1 Å². The molecule has 1 aliphatic heterocycles. The van der Waals surface area contributed by atoms with Crippen molar-refractivity contribution in [3.05, 3.63) is 0 Å². The predicted octanol–water partition coefficient (Wildman–Crippen LogP) is -0.837. The van der Waals surface area contributed by atoms with Crippen LogP contribution in [0.3, 0.4) is 0 Å². The number of amides is 3. The maximum Gasteiger partial charge on any atom is 0.321 e. The van der Waals surface area contributed by atoms with Crippen LogP contribution in [0.4, 0.5) is 4.79 Å². The van der Waals surface area contributed by atoms with Crippen molar-refractivity contribution >= 4 is 11.9 Å². The third kappa shape index (κ3) is 3.49. The number of nitrogens with one attached hydrogen (secondary N) is 2. The third-order valence-corrected chi connectivity index (χ3v) is 2.44. The first kappa shape index (κ1) is 11.9. The molecule has 2 N–H and O–H groups in total. The van der Waals surface area contributed by atoms with Gasteiger partial charge < -0.3 is 10.1 Å². The first-order valence-corrected chi connectivity index (χ1v) is 4.99. The second-order valence-electron chi connectivity index (χ2n) is 3.39. The average Bonchev–Trinajstić information content (AvgIpc) is 2.29. The van der Waals surface area contributed by atoms with Crippen molar-refractivity contribution in [1.29, 1.82) is 0 Å². The summed E-state index contributed by atoms with van der Waals surface area (Å²) in [5, 5.41) is 4.59. The van der Waals surface area contributed by atoms with Crippen LogP contribution in [-0.2, 0) is 9.53 Å². The van der Waals surface area contributed by atoms with Gasteiger partial charge in [-0.25, -0.2) is 4.79 Å². The molecule has 6 heteroatoms. The van der Waals surface area contributed by atoms with Gasteiger partial charge in [-0.2, -0.15) is 0 Å². The van der Waals surface area contributed by atoms with Crippen molar-refractivity contribution in [3.8, 4) is 0 Å². The van der Waals surface area contributed by atoms with E-state index in [1.807, 2.05) is 4.90 Å². The fourth-order valence-corrected chi connectivity index (χ4v) is 1.41. The number of urea groups is 1. The maximum atomic E-state index is 11.6. The number of ether oxygens (including phenoxy) is 1. The van der Waals surface area contributed by atoms with Gasteiger partial charge in [0.25, 0.3) is 0 Å². The van der Waals surface area contributed by atoms with E-state index in [1.54, 1.807) is 6.92 Å². The molecule has 3 amide bonds. The van der Waals surface area contributed by atoms with E-state index in [0.717, 1.165) is 13.1 Å². The third-order valence-electron chi connectivity index (χ3n) is 2.44. The fourth-order valence-electron chi connectivity index (χ4n) is 1.41. The number of nitrogens with zero attached hydrogens (tertiary/aromatic N) is 1. The van der Waals surface area contributed by atoms with Gasteiger partial charge >= 0.3 is 6.03 Å². The van der Waals surface area contributed by atoms with Crippen LogP contribution in [-0.4, -0.2) is 56.2 Å². The number of morpholine rings is 1. The Morgan fingerprint density at radius 1 is 1.33 bits per heavy atom. The van der Waals surface area contributed by atoms with E-state index in [2.05, 4.69) is 10.6 Å². The number of carbonyl (C=O) groups is 2. The topological polar surface area (TPSA) is 70.7 Å². The van der Waals surface area contributed by atoms with Gasteiger partial charge in [-0.1, -0.05) is 0 Å². The Morgan fingerprint density at radius 3 is 2.47 bits per heavy atom. The zero-order chi connectivity index (χ0) is 11.3. The molecule has 0 spiro atoms. The maximum absolute atomic E-state index is 11.6. The Kier molecular flexibility index (Phi) is 4.51. The highest BCUT2D eigenvalue weighted by molar-refractivity contribution is 5.96. The van der Waals surface area contributed by atoms with E-state index in [-0.39, 0.29) is 11.9 Å². The molecule has 1 unspecified atom stereocenters. The van der Waals surface area contributed by atoms with Crippen LogP contribution in [0.1, 0.15) is 6.92 Å². The summed E-state index contributed by atoms with van der Waals surface area (Å²) in [4.78, 5) is 24.5. The molecule has 1 aliphatic rings. The number of hydrogen-bond acceptors (Lipinski definition) is 4. The summed E-state index contributed by atoms with van der Waals surface area (Å²) >= 11 is 0. The highest BCUT2D eigenvalue weighted by Crippen LogP contribution is 2.03. The normalized spacial score (nSPS) is 19.3. The van der Waals surface area contributed by atoms with E-state index in [0.29, 0.717) is 13.2 Å². The van der Waals surface area contributed by atoms with E-state index in [4.69, 9.17) is 4.74 Å². The van der Waals surface area contributed by atoms with Crippen molar-refractivity contribution in [2.45, 2.75) is 13.0 Å². The zero-order valence-electron chi connectivity index (χ0n) is 9.08. The zero-order valence-corrected chi connectivity index (χ0v) is 9.08. The highest BCUT2D eigenvalue weighted by Gasteiger charge is 2.23. The van der Waals surface area contributed by atoms with Gasteiger partial charge in [0.2, 0.25) is 5.91 Å². The average molecular weight is 215 g/mol. The monoisotopic (exact) mass is 215 g/mol. The van der Waals surface area contributed by atoms with Crippen LogP contribution in [0.15, 0.2) is 0 Å².